The summed E-state index contributed by atoms with van der Waals surface area (Å²) < 4.78 is 33.1. The first-order chi connectivity index (χ1) is 10.2. The Balaban J connectivity index is 2.16. The number of carbonyl (C=O) groups excluding carboxylic acids is 1. The molecule has 8 heteroatoms. The Labute approximate surface area is 125 Å². The van der Waals surface area contributed by atoms with Crippen LogP contribution >= 0.6 is 0 Å². The molecule has 0 aliphatic rings. The Kier molecular flexibility index (Phi) is 4.03. The summed E-state index contributed by atoms with van der Waals surface area (Å²) in [5, 5.41) is 6.54. The molecule has 0 aliphatic carbocycles. The molecule has 3 N–H and O–H groups in total. The van der Waals surface area contributed by atoms with Crippen molar-refractivity contribution in [2.75, 3.05) is 5.73 Å². The van der Waals surface area contributed by atoms with Crippen LogP contribution in [0.3, 0.4) is 0 Å². The number of anilines is 1. The molecule has 22 heavy (non-hydrogen) atoms. The number of ether oxygens (including phenoxy) is 1. The molecule has 118 valence electrons. The van der Waals surface area contributed by atoms with Gasteiger partial charge in [0.05, 0.1) is 5.69 Å². The highest BCUT2D eigenvalue weighted by atomic mass is 19.1. The summed E-state index contributed by atoms with van der Waals surface area (Å²) in [5.74, 6) is -2.05. The molecule has 2 aromatic rings. The Morgan fingerprint density at radius 3 is 2.64 bits per heavy atom. The van der Waals surface area contributed by atoms with E-state index in [9.17, 15) is 13.6 Å². The number of nitrogen functional groups attached to an aromatic ring is 1. The summed E-state index contributed by atoms with van der Waals surface area (Å²) in [7, 11) is 0. The van der Waals surface area contributed by atoms with E-state index in [4.69, 9.17) is 10.5 Å². The molecule has 1 amide bonds. The first kappa shape index (κ1) is 15.7. The summed E-state index contributed by atoms with van der Waals surface area (Å²) in [6, 6.07) is 2.52. The van der Waals surface area contributed by atoms with E-state index in [1.165, 1.54) is 12.3 Å². The van der Waals surface area contributed by atoms with E-state index in [2.05, 4.69) is 10.4 Å². The molecule has 0 saturated heterocycles. The van der Waals surface area contributed by atoms with Crippen LogP contribution in [0.4, 0.5) is 19.3 Å². The second-order valence-electron chi connectivity index (χ2n) is 5.68. The third-order valence-electron chi connectivity index (χ3n) is 2.52. The van der Waals surface area contributed by atoms with Gasteiger partial charge in [-0.3, -0.25) is 0 Å². The first-order valence-corrected chi connectivity index (χ1v) is 6.46. The van der Waals surface area contributed by atoms with Gasteiger partial charge < -0.3 is 15.8 Å². The summed E-state index contributed by atoms with van der Waals surface area (Å²) in [6.07, 6.45) is 1.35. The van der Waals surface area contributed by atoms with Gasteiger partial charge in [-0.05, 0) is 20.8 Å². The minimum atomic E-state index is -0.826. The predicted octanol–water partition coefficient (Wildman–Crippen LogP) is 2.89. The molecule has 0 bridgehead atoms. The van der Waals surface area contributed by atoms with Crippen LogP contribution in [-0.4, -0.2) is 21.4 Å². The molecule has 0 fully saturated rings. The number of carbonyl (C=O) groups is 1. The van der Waals surface area contributed by atoms with Gasteiger partial charge in [-0.15, -0.1) is 5.10 Å². The van der Waals surface area contributed by atoms with Gasteiger partial charge in [-0.1, -0.05) is 0 Å². The molecular formula is C14H16F2N4O2. The lowest BCUT2D eigenvalue weighted by Crippen LogP contribution is -2.43. The van der Waals surface area contributed by atoms with E-state index < -0.39 is 23.2 Å². The molecule has 1 heterocycles. The Morgan fingerprint density at radius 2 is 2.00 bits per heavy atom. The van der Waals surface area contributed by atoms with Crippen LogP contribution in [-0.2, 0) is 0 Å². The van der Waals surface area contributed by atoms with E-state index in [0.29, 0.717) is 0 Å². The zero-order valence-electron chi connectivity index (χ0n) is 12.4. The highest BCUT2D eigenvalue weighted by molar-refractivity contribution is 5.76. The Bertz CT molecular complexity index is 707. The average molecular weight is 310 g/mol. The van der Waals surface area contributed by atoms with Gasteiger partial charge >= 0.3 is 6.03 Å². The zero-order valence-corrected chi connectivity index (χ0v) is 12.4. The van der Waals surface area contributed by atoms with Crippen molar-refractivity contribution >= 4 is 11.7 Å². The van der Waals surface area contributed by atoms with Crippen LogP contribution in [0.2, 0.25) is 0 Å². The number of amides is 1. The molecule has 1 aromatic heterocycles. The number of nitrogens with one attached hydrogen (secondary N) is 1. The molecular weight excluding hydrogens is 294 g/mol. The number of benzene rings is 1. The van der Waals surface area contributed by atoms with Gasteiger partial charge in [0.25, 0.3) is 0 Å². The summed E-state index contributed by atoms with van der Waals surface area (Å²) >= 11 is 0. The molecule has 0 atom stereocenters. The quantitative estimate of drug-likeness (QED) is 0.836. The number of hydrogen-bond acceptors (Lipinski definition) is 4. The Morgan fingerprint density at radius 1 is 1.32 bits per heavy atom. The summed E-state index contributed by atoms with van der Waals surface area (Å²) in [6.45, 7) is 5.45. The van der Waals surface area contributed by atoms with Gasteiger partial charge in [-0.25, -0.2) is 13.6 Å². The van der Waals surface area contributed by atoms with E-state index in [1.807, 2.05) is 20.8 Å². The van der Waals surface area contributed by atoms with Crippen LogP contribution in [0.25, 0.3) is 0 Å². The van der Waals surface area contributed by atoms with Crippen LogP contribution in [0, 0.1) is 11.6 Å². The van der Waals surface area contributed by atoms with Crippen molar-refractivity contribution in [2.24, 2.45) is 0 Å². The molecule has 6 nitrogen and oxygen atoms in total. The summed E-state index contributed by atoms with van der Waals surface area (Å²) in [5.41, 5.74) is 4.49. The zero-order chi connectivity index (χ0) is 16.5. The van der Waals surface area contributed by atoms with E-state index in [1.54, 1.807) is 0 Å². The average Bonchev–Trinajstić information content (AvgIpc) is 2.82. The lowest BCUT2D eigenvalue weighted by Gasteiger charge is -2.19. The number of nitrogens with zero attached hydrogens (tertiary/aromatic N) is 2. The maximum atomic E-state index is 13.6. The smallest absolute Gasteiger partial charge is 0.342 e. The molecule has 1 aromatic carbocycles. The molecule has 0 radical (unpaired) electrons. The molecule has 0 saturated carbocycles. The lowest BCUT2D eigenvalue weighted by atomic mass is 10.1. The second-order valence-corrected chi connectivity index (χ2v) is 5.68. The van der Waals surface area contributed by atoms with Crippen LogP contribution < -0.4 is 15.8 Å². The largest absolute Gasteiger partial charge is 0.434 e. The van der Waals surface area contributed by atoms with E-state index in [0.717, 1.165) is 16.8 Å². The third kappa shape index (κ3) is 3.72. The maximum Gasteiger partial charge on any atom is 0.342 e. The number of aromatic nitrogens is 2. The highest BCUT2D eigenvalue weighted by Crippen LogP contribution is 2.26. The van der Waals surface area contributed by atoms with Crippen molar-refractivity contribution in [1.29, 1.82) is 0 Å². The van der Waals surface area contributed by atoms with Crippen LogP contribution in [0.1, 0.15) is 20.8 Å². The predicted molar refractivity (Wildman–Crippen MR) is 76.8 cm³/mol. The third-order valence-corrected chi connectivity index (χ3v) is 2.52. The van der Waals surface area contributed by atoms with Gasteiger partial charge in [0.2, 0.25) is 5.88 Å². The van der Waals surface area contributed by atoms with Crippen molar-refractivity contribution in [3.8, 4) is 11.6 Å². The topological polar surface area (TPSA) is 82.2 Å². The maximum absolute atomic E-state index is 13.6. The van der Waals surface area contributed by atoms with Crippen molar-refractivity contribution in [1.82, 2.24) is 15.1 Å². The van der Waals surface area contributed by atoms with Crippen molar-refractivity contribution in [2.45, 2.75) is 26.3 Å². The fourth-order valence-corrected chi connectivity index (χ4v) is 1.59. The second kappa shape index (κ2) is 5.63. The van der Waals surface area contributed by atoms with Gasteiger partial charge in [-0.2, -0.15) is 4.68 Å². The standard InChI is InChI=1S/C14H16F2N4O2/c1-14(2,3)18-13(21)20-5-4-12(19-20)22-11-7-8(15)10(17)6-9(11)16/h4-7H,17H2,1-3H3,(H,18,21). The minimum absolute atomic E-state index is 0.0490. The first-order valence-electron chi connectivity index (χ1n) is 6.46. The van der Waals surface area contributed by atoms with Crippen molar-refractivity contribution in [3.05, 3.63) is 36.0 Å². The highest BCUT2D eigenvalue weighted by Gasteiger charge is 2.17. The number of halogens is 2. The van der Waals surface area contributed by atoms with Crippen molar-refractivity contribution < 1.29 is 18.3 Å². The molecule has 0 spiro atoms. The number of hydrogen-bond donors (Lipinski definition) is 2. The fourth-order valence-electron chi connectivity index (χ4n) is 1.59. The number of rotatable bonds is 2. The summed E-state index contributed by atoms with van der Waals surface area (Å²) in [4.78, 5) is 11.9. The monoisotopic (exact) mass is 310 g/mol. The minimum Gasteiger partial charge on any atom is -0.434 e. The van der Waals surface area contributed by atoms with E-state index >= 15 is 0 Å². The van der Waals surface area contributed by atoms with Gasteiger partial charge in [0.1, 0.15) is 5.82 Å². The lowest BCUT2D eigenvalue weighted by molar-refractivity contribution is 0.230. The van der Waals surface area contributed by atoms with Crippen LogP contribution in [0.5, 0.6) is 11.6 Å². The fraction of sp³-hybridized carbons (Fsp3) is 0.286. The van der Waals surface area contributed by atoms with E-state index in [-0.39, 0.29) is 17.3 Å². The van der Waals surface area contributed by atoms with Gasteiger partial charge in [0, 0.05) is 29.9 Å². The number of nitrogens with two attached hydrogens (primary N) is 1. The van der Waals surface area contributed by atoms with Crippen LogP contribution in [0.15, 0.2) is 24.4 Å². The molecule has 2 rings (SSSR count). The SMILES string of the molecule is CC(C)(C)NC(=O)n1ccc(Oc2cc(F)c(N)cc2F)n1. The molecule has 0 aliphatic heterocycles. The van der Waals surface area contributed by atoms with Crippen molar-refractivity contribution in [3.63, 3.8) is 0 Å². The van der Waals surface area contributed by atoms with Gasteiger partial charge in [0.15, 0.2) is 11.6 Å². The molecule has 0 unspecified atom stereocenters. The normalized spacial score (nSPS) is 11.3. The Hall–Kier alpha value is -2.64.